The van der Waals surface area contributed by atoms with Gasteiger partial charge in [0.05, 0.1) is 5.75 Å². The molecule has 2 aromatic rings. The molecule has 0 aromatic heterocycles. The van der Waals surface area contributed by atoms with Crippen molar-refractivity contribution < 1.29 is 26.5 Å². The van der Waals surface area contributed by atoms with Gasteiger partial charge in [-0.25, -0.2) is 8.78 Å². The van der Waals surface area contributed by atoms with Gasteiger partial charge in [0, 0.05) is 0 Å². The van der Waals surface area contributed by atoms with Gasteiger partial charge in [0.1, 0.15) is 23.1 Å². The molecule has 23 heavy (non-hydrogen) atoms. The van der Waals surface area contributed by atoms with E-state index in [0.717, 1.165) is 0 Å². The van der Waals surface area contributed by atoms with Crippen molar-refractivity contribution in [2.45, 2.75) is 19.3 Å². The summed E-state index contributed by atoms with van der Waals surface area (Å²) in [7, 11) is -3.99. The summed E-state index contributed by atoms with van der Waals surface area (Å²) in [6.45, 7) is 0. The summed E-state index contributed by atoms with van der Waals surface area (Å²) < 4.78 is 62.0. The van der Waals surface area contributed by atoms with Crippen LogP contribution in [0.2, 0.25) is 0 Å². The van der Waals surface area contributed by atoms with Crippen molar-refractivity contribution in [3.63, 3.8) is 0 Å². The lowest BCUT2D eigenvalue weighted by Crippen LogP contribution is -2.04. The molecule has 0 aliphatic rings. The summed E-state index contributed by atoms with van der Waals surface area (Å²) in [5.74, 6) is -0.308. The normalized spacial score (nSPS) is 11.4. The maximum atomic E-state index is 13.7. The Bertz CT molecular complexity index is 758. The highest BCUT2D eigenvalue weighted by Crippen LogP contribution is 2.24. The molecule has 0 atom stereocenters. The third-order valence-corrected chi connectivity index (χ3v) is 3.97. The minimum Gasteiger partial charge on any atom is -0.457 e. The molecule has 0 radical (unpaired) electrons. The van der Waals surface area contributed by atoms with E-state index < -0.39 is 15.9 Å². The van der Waals surface area contributed by atoms with E-state index in [4.69, 9.17) is 9.29 Å². The van der Waals surface area contributed by atoms with Crippen molar-refractivity contribution >= 4 is 10.1 Å². The van der Waals surface area contributed by atoms with Gasteiger partial charge in [0.2, 0.25) is 0 Å². The van der Waals surface area contributed by atoms with E-state index in [-0.39, 0.29) is 18.0 Å². The Morgan fingerprint density at radius 2 is 1.61 bits per heavy atom. The molecule has 0 aliphatic heterocycles. The molecule has 124 valence electrons. The second-order valence-corrected chi connectivity index (χ2v) is 6.62. The van der Waals surface area contributed by atoms with Crippen LogP contribution in [0.5, 0.6) is 11.5 Å². The van der Waals surface area contributed by atoms with Crippen LogP contribution in [0.3, 0.4) is 0 Å². The fourth-order valence-electron chi connectivity index (χ4n) is 2.04. The summed E-state index contributed by atoms with van der Waals surface area (Å²) in [6.07, 6.45) is 0.972. The Hall–Kier alpha value is -1.99. The fourth-order valence-corrected chi connectivity index (χ4v) is 2.61. The Kier molecular flexibility index (Phi) is 5.68. The Morgan fingerprint density at radius 3 is 2.26 bits per heavy atom. The van der Waals surface area contributed by atoms with Crippen molar-refractivity contribution in [2.75, 3.05) is 5.75 Å². The first kappa shape index (κ1) is 17.4. The average Bonchev–Trinajstić information content (AvgIpc) is 2.48. The number of halogens is 2. The van der Waals surface area contributed by atoms with Crippen molar-refractivity contribution in [3.8, 4) is 11.5 Å². The van der Waals surface area contributed by atoms with Crippen molar-refractivity contribution in [1.82, 2.24) is 0 Å². The van der Waals surface area contributed by atoms with Crippen LogP contribution in [0, 0.1) is 11.6 Å². The maximum absolute atomic E-state index is 13.7. The zero-order valence-electron chi connectivity index (χ0n) is 12.2. The second-order valence-electron chi connectivity index (χ2n) is 5.05. The Balaban J connectivity index is 1.99. The molecule has 7 heteroatoms. The van der Waals surface area contributed by atoms with Gasteiger partial charge in [-0.2, -0.15) is 8.42 Å². The zero-order chi connectivity index (χ0) is 16.9. The Morgan fingerprint density at radius 1 is 0.957 bits per heavy atom. The van der Waals surface area contributed by atoms with Gasteiger partial charge < -0.3 is 4.74 Å². The monoisotopic (exact) mass is 342 g/mol. The first-order chi connectivity index (χ1) is 10.8. The van der Waals surface area contributed by atoms with Gasteiger partial charge >= 0.3 is 0 Å². The number of unbranched alkanes of at least 4 members (excludes halogenated alkanes) is 1. The summed E-state index contributed by atoms with van der Waals surface area (Å²) in [4.78, 5) is 0. The van der Waals surface area contributed by atoms with Gasteiger partial charge in [-0.05, 0) is 67.3 Å². The van der Waals surface area contributed by atoms with Crippen LogP contribution >= 0.6 is 0 Å². The predicted octanol–water partition coefficient (Wildman–Crippen LogP) is 3.97. The smallest absolute Gasteiger partial charge is 0.264 e. The molecule has 4 nitrogen and oxygen atoms in total. The quantitative estimate of drug-likeness (QED) is 0.611. The van der Waals surface area contributed by atoms with Gasteiger partial charge in [0.25, 0.3) is 10.1 Å². The second kappa shape index (κ2) is 7.52. The number of benzene rings is 2. The minimum absolute atomic E-state index is 0.237. The van der Waals surface area contributed by atoms with E-state index in [1.54, 1.807) is 0 Å². The van der Waals surface area contributed by atoms with Crippen molar-refractivity contribution in [1.29, 1.82) is 0 Å². The molecule has 2 rings (SSSR count). The number of aryl methyl sites for hydroxylation is 1. The molecule has 0 aliphatic carbocycles. The molecule has 0 saturated heterocycles. The van der Waals surface area contributed by atoms with E-state index >= 15 is 0 Å². The third-order valence-electron chi connectivity index (χ3n) is 3.16. The lowest BCUT2D eigenvalue weighted by molar-refractivity contribution is 0.475. The summed E-state index contributed by atoms with van der Waals surface area (Å²) in [5, 5.41) is 0. The topological polar surface area (TPSA) is 63.6 Å². The standard InChI is InChI=1S/C16H16F2O4S/c17-13-4-6-14(7-5-13)22-15-8-9-16(18)12(11-15)3-1-2-10-23(19,20)21/h4-9,11H,1-3,10H2,(H,19,20,21). The largest absolute Gasteiger partial charge is 0.457 e. The molecule has 0 fully saturated rings. The van der Waals surface area contributed by atoms with E-state index in [2.05, 4.69) is 0 Å². The van der Waals surface area contributed by atoms with Crippen LogP contribution in [0.25, 0.3) is 0 Å². The molecule has 0 bridgehead atoms. The van der Waals surface area contributed by atoms with Crippen molar-refractivity contribution in [3.05, 3.63) is 59.7 Å². The fraction of sp³-hybridized carbons (Fsp3) is 0.250. The number of ether oxygens (including phenoxy) is 1. The number of rotatable bonds is 7. The molecule has 0 unspecified atom stereocenters. The van der Waals surface area contributed by atoms with Crippen LogP contribution in [-0.2, 0) is 16.5 Å². The van der Waals surface area contributed by atoms with Gasteiger partial charge in [-0.1, -0.05) is 0 Å². The third kappa shape index (κ3) is 5.96. The highest BCUT2D eigenvalue weighted by molar-refractivity contribution is 7.85. The zero-order valence-corrected chi connectivity index (χ0v) is 13.0. The van der Waals surface area contributed by atoms with Crippen LogP contribution in [0.4, 0.5) is 8.78 Å². The average molecular weight is 342 g/mol. The minimum atomic E-state index is -3.99. The number of hydrogen-bond donors (Lipinski definition) is 1. The highest BCUT2D eigenvalue weighted by Gasteiger charge is 2.08. The summed E-state index contributed by atoms with van der Waals surface area (Å²) >= 11 is 0. The molecule has 0 saturated carbocycles. The predicted molar refractivity (Wildman–Crippen MR) is 82.2 cm³/mol. The van der Waals surface area contributed by atoms with Crippen LogP contribution in [0.15, 0.2) is 42.5 Å². The van der Waals surface area contributed by atoms with E-state index in [9.17, 15) is 17.2 Å². The highest BCUT2D eigenvalue weighted by atomic mass is 32.2. The van der Waals surface area contributed by atoms with E-state index in [1.807, 2.05) is 0 Å². The SMILES string of the molecule is O=S(=O)(O)CCCCc1cc(Oc2ccc(F)cc2)ccc1F. The molecular formula is C16H16F2O4S. The molecule has 2 aromatic carbocycles. The van der Waals surface area contributed by atoms with Crippen LogP contribution in [0.1, 0.15) is 18.4 Å². The first-order valence-electron chi connectivity index (χ1n) is 7.00. The summed E-state index contributed by atoms with van der Waals surface area (Å²) in [6, 6.07) is 9.68. The van der Waals surface area contributed by atoms with Crippen molar-refractivity contribution in [2.24, 2.45) is 0 Å². The lowest BCUT2D eigenvalue weighted by atomic mass is 10.1. The maximum Gasteiger partial charge on any atom is 0.264 e. The van der Waals surface area contributed by atoms with Crippen LogP contribution < -0.4 is 4.74 Å². The summed E-state index contributed by atoms with van der Waals surface area (Å²) in [5.41, 5.74) is 0.389. The Labute approximate surface area is 133 Å². The molecule has 0 spiro atoms. The van der Waals surface area contributed by atoms with E-state index in [0.29, 0.717) is 29.9 Å². The van der Waals surface area contributed by atoms with Gasteiger partial charge in [-0.3, -0.25) is 4.55 Å². The van der Waals surface area contributed by atoms with E-state index in [1.165, 1.54) is 42.5 Å². The molecule has 0 heterocycles. The number of hydrogen-bond acceptors (Lipinski definition) is 3. The molecular weight excluding hydrogens is 326 g/mol. The van der Waals surface area contributed by atoms with Gasteiger partial charge in [0.15, 0.2) is 0 Å². The molecule has 0 amide bonds. The lowest BCUT2D eigenvalue weighted by Gasteiger charge is -2.09. The van der Waals surface area contributed by atoms with Crippen LogP contribution in [-0.4, -0.2) is 18.7 Å². The first-order valence-corrected chi connectivity index (χ1v) is 8.61. The van der Waals surface area contributed by atoms with Gasteiger partial charge in [-0.15, -0.1) is 0 Å². The molecule has 1 N–H and O–H groups in total.